The number of thiocarbonyl (C=S) groups is 1. The van der Waals surface area contributed by atoms with E-state index in [9.17, 15) is 9.59 Å². The van der Waals surface area contributed by atoms with Crippen LogP contribution in [0.25, 0.3) is 0 Å². The molecule has 2 aromatic carbocycles. The number of ether oxygens (including phenoxy) is 2. The normalized spacial score (nSPS) is 13.6. The fourth-order valence-corrected chi connectivity index (χ4v) is 3.51. The zero-order chi connectivity index (χ0) is 23.1. The van der Waals surface area contributed by atoms with E-state index in [4.69, 9.17) is 33.3 Å². The van der Waals surface area contributed by atoms with Gasteiger partial charge in [0.2, 0.25) is 0 Å². The van der Waals surface area contributed by atoms with Gasteiger partial charge in [-0.2, -0.15) is 0 Å². The highest BCUT2D eigenvalue weighted by molar-refractivity contribution is 7.80. The van der Waals surface area contributed by atoms with Crippen LogP contribution in [0.2, 0.25) is 5.02 Å². The molecule has 0 unspecified atom stereocenters. The summed E-state index contributed by atoms with van der Waals surface area (Å²) in [6.07, 6.45) is 0. The van der Waals surface area contributed by atoms with Crippen LogP contribution < -0.4 is 15.4 Å². The van der Waals surface area contributed by atoms with Crippen LogP contribution >= 0.6 is 23.8 Å². The van der Waals surface area contributed by atoms with Gasteiger partial charge in [0.15, 0.2) is 11.7 Å². The number of morpholine rings is 1. The maximum atomic E-state index is 12.7. The second kappa shape index (κ2) is 11.3. The first-order valence-electron chi connectivity index (χ1n) is 10.3. The minimum absolute atomic E-state index is 0.0617. The average molecular weight is 476 g/mol. The van der Waals surface area contributed by atoms with Crippen LogP contribution in [0.4, 0.5) is 5.69 Å². The Kier molecular flexibility index (Phi) is 8.44. The zero-order valence-corrected chi connectivity index (χ0v) is 19.6. The number of amides is 2. The Morgan fingerprint density at radius 3 is 2.50 bits per heavy atom. The smallest absolute Gasteiger partial charge is 0.264 e. The lowest BCUT2D eigenvalue weighted by Crippen LogP contribution is -2.40. The highest BCUT2D eigenvalue weighted by atomic mass is 35.5. The van der Waals surface area contributed by atoms with E-state index in [0.29, 0.717) is 54.2 Å². The fourth-order valence-electron chi connectivity index (χ4n) is 3.12. The summed E-state index contributed by atoms with van der Waals surface area (Å²) in [6, 6.07) is 12.5. The summed E-state index contributed by atoms with van der Waals surface area (Å²) in [5.74, 6) is 0.498. The molecule has 0 aromatic heterocycles. The summed E-state index contributed by atoms with van der Waals surface area (Å²) in [5, 5.41) is 5.87. The molecule has 0 bridgehead atoms. The van der Waals surface area contributed by atoms with Crippen LogP contribution in [0.15, 0.2) is 42.5 Å². The predicted molar refractivity (Wildman–Crippen MR) is 129 cm³/mol. The third kappa shape index (κ3) is 6.66. The minimum Gasteiger partial charge on any atom is -0.484 e. The number of carbonyl (C=O) groups is 2. The van der Waals surface area contributed by atoms with Crippen molar-refractivity contribution in [3.63, 3.8) is 0 Å². The molecule has 0 radical (unpaired) electrons. The van der Waals surface area contributed by atoms with E-state index in [0.717, 1.165) is 0 Å². The number of nitrogens with one attached hydrogen (secondary N) is 2. The molecule has 2 N–H and O–H groups in total. The maximum Gasteiger partial charge on any atom is 0.264 e. The molecule has 1 heterocycles. The van der Waals surface area contributed by atoms with Crippen molar-refractivity contribution < 1.29 is 19.1 Å². The molecule has 1 aliphatic rings. The summed E-state index contributed by atoms with van der Waals surface area (Å²) in [7, 11) is 0. The Morgan fingerprint density at radius 1 is 1.16 bits per heavy atom. The number of rotatable bonds is 6. The lowest BCUT2D eigenvalue weighted by Gasteiger charge is -2.27. The predicted octanol–water partition coefficient (Wildman–Crippen LogP) is 3.83. The third-order valence-electron chi connectivity index (χ3n) is 4.93. The number of hydrogen-bond acceptors (Lipinski definition) is 5. The first-order chi connectivity index (χ1) is 15.3. The van der Waals surface area contributed by atoms with E-state index in [2.05, 4.69) is 24.5 Å². The SMILES string of the molecule is CC(C)c1ccc(OCC(=O)NC(=S)Nc2cc(C(=O)N3CCOCC3)ccc2Cl)cc1. The van der Waals surface area contributed by atoms with Crippen LogP contribution in [0.3, 0.4) is 0 Å². The number of nitrogens with zero attached hydrogens (tertiary/aromatic N) is 1. The second-order valence-electron chi connectivity index (χ2n) is 7.61. The van der Waals surface area contributed by atoms with Gasteiger partial charge in [0.25, 0.3) is 11.8 Å². The Bertz CT molecular complexity index is 976. The van der Waals surface area contributed by atoms with Crippen molar-refractivity contribution in [1.29, 1.82) is 0 Å². The lowest BCUT2D eigenvalue weighted by molar-refractivity contribution is -0.121. The Labute approximate surface area is 198 Å². The number of carbonyl (C=O) groups excluding carboxylic acids is 2. The summed E-state index contributed by atoms with van der Waals surface area (Å²) in [4.78, 5) is 26.6. The largest absolute Gasteiger partial charge is 0.484 e. The molecule has 1 fully saturated rings. The number of halogens is 1. The van der Waals surface area contributed by atoms with E-state index < -0.39 is 5.91 Å². The molecule has 9 heteroatoms. The van der Waals surface area contributed by atoms with Gasteiger partial charge in [-0.15, -0.1) is 0 Å². The molecule has 2 amide bonds. The van der Waals surface area contributed by atoms with Gasteiger partial charge in [-0.3, -0.25) is 14.9 Å². The van der Waals surface area contributed by atoms with E-state index >= 15 is 0 Å². The first-order valence-corrected chi connectivity index (χ1v) is 11.1. The van der Waals surface area contributed by atoms with E-state index in [1.54, 1.807) is 23.1 Å². The molecular formula is C23H26ClN3O4S. The number of benzene rings is 2. The molecule has 0 atom stereocenters. The Balaban J connectivity index is 1.53. The van der Waals surface area contributed by atoms with E-state index in [1.165, 1.54) is 5.56 Å². The quantitative estimate of drug-likeness (QED) is 0.618. The standard InChI is InChI=1S/C23H26ClN3O4S/c1-15(2)16-3-6-18(7-4-16)31-14-21(28)26-23(32)25-20-13-17(5-8-19(20)24)22(29)27-9-11-30-12-10-27/h3-8,13,15H,9-12,14H2,1-2H3,(H2,25,26,28,32). The van der Waals surface area contributed by atoms with E-state index in [-0.39, 0.29) is 17.6 Å². The molecule has 0 saturated carbocycles. The highest BCUT2D eigenvalue weighted by Crippen LogP contribution is 2.24. The molecule has 170 valence electrons. The first kappa shape index (κ1) is 24.0. The van der Waals surface area contributed by atoms with Crippen molar-refractivity contribution in [2.24, 2.45) is 0 Å². The molecular weight excluding hydrogens is 450 g/mol. The van der Waals surface area contributed by atoms with Gasteiger partial charge in [0.05, 0.1) is 23.9 Å². The summed E-state index contributed by atoms with van der Waals surface area (Å²) >= 11 is 11.5. The van der Waals surface area contributed by atoms with Crippen molar-refractivity contribution in [3.05, 3.63) is 58.6 Å². The molecule has 0 aliphatic carbocycles. The number of hydrogen-bond donors (Lipinski definition) is 2. The molecule has 7 nitrogen and oxygen atoms in total. The summed E-state index contributed by atoms with van der Waals surface area (Å²) in [6.45, 7) is 6.15. The molecule has 3 rings (SSSR count). The van der Waals surface area contributed by atoms with Gasteiger partial charge in [-0.1, -0.05) is 37.6 Å². The molecule has 32 heavy (non-hydrogen) atoms. The molecule has 1 saturated heterocycles. The Hall–Kier alpha value is -2.68. The van der Waals surface area contributed by atoms with E-state index in [1.807, 2.05) is 24.3 Å². The Morgan fingerprint density at radius 2 is 1.84 bits per heavy atom. The number of anilines is 1. The van der Waals surface area contributed by atoms with Crippen molar-refractivity contribution in [1.82, 2.24) is 10.2 Å². The molecule has 1 aliphatic heterocycles. The third-order valence-corrected chi connectivity index (χ3v) is 5.46. The van der Waals surface area contributed by atoms with Crippen LogP contribution in [0, 0.1) is 0 Å². The van der Waals surface area contributed by atoms with Crippen molar-refractivity contribution in [3.8, 4) is 5.75 Å². The van der Waals surface area contributed by atoms with Crippen LogP contribution in [0.1, 0.15) is 35.7 Å². The zero-order valence-electron chi connectivity index (χ0n) is 18.0. The topological polar surface area (TPSA) is 79.9 Å². The van der Waals surface area contributed by atoms with Crippen LogP contribution in [-0.4, -0.2) is 54.7 Å². The summed E-state index contributed by atoms with van der Waals surface area (Å²) < 4.78 is 10.8. The van der Waals surface area contributed by atoms with Gasteiger partial charge < -0.3 is 19.7 Å². The second-order valence-corrected chi connectivity index (χ2v) is 8.43. The molecule has 0 spiro atoms. The van der Waals surface area contributed by atoms with Gasteiger partial charge in [0, 0.05) is 18.7 Å². The lowest BCUT2D eigenvalue weighted by atomic mass is 10.0. The van der Waals surface area contributed by atoms with Crippen molar-refractivity contribution in [2.45, 2.75) is 19.8 Å². The van der Waals surface area contributed by atoms with Gasteiger partial charge in [-0.25, -0.2) is 0 Å². The van der Waals surface area contributed by atoms with Crippen LogP contribution in [0.5, 0.6) is 5.75 Å². The average Bonchev–Trinajstić information content (AvgIpc) is 2.79. The monoisotopic (exact) mass is 475 g/mol. The van der Waals surface area contributed by atoms with Gasteiger partial charge >= 0.3 is 0 Å². The van der Waals surface area contributed by atoms with Gasteiger partial charge in [-0.05, 0) is 54.0 Å². The minimum atomic E-state index is -0.410. The van der Waals surface area contributed by atoms with Crippen molar-refractivity contribution in [2.75, 3.05) is 38.2 Å². The molecule has 2 aromatic rings. The van der Waals surface area contributed by atoms with Crippen LogP contribution in [-0.2, 0) is 9.53 Å². The van der Waals surface area contributed by atoms with Crippen molar-refractivity contribution >= 4 is 46.4 Å². The fraction of sp³-hybridized carbons (Fsp3) is 0.348. The summed E-state index contributed by atoms with van der Waals surface area (Å²) in [5.41, 5.74) is 2.10. The highest BCUT2D eigenvalue weighted by Gasteiger charge is 2.19. The maximum absolute atomic E-state index is 12.7. The van der Waals surface area contributed by atoms with Gasteiger partial charge in [0.1, 0.15) is 5.75 Å².